The molecule has 1 aliphatic carbocycles. The second kappa shape index (κ2) is 5.38. The molecule has 0 aliphatic heterocycles. The normalized spacial score (nSPS) is 34.3. The summed E-state index contributed by atoms with van der Waals surface area (Å²) >= 11 is 0. The maximum absolute atomic E-state index is 12.0. The number of nitrogens with two attached hydrogens (primary N) is 1. The topological polar surface area (TPSA) is 55.1 Å². The number of rotatable bonds is 4. The van der Waals surface area contributed by atoms with Crippen LogP contribution in [0.2, 0.25) is 0 Å². The van der Waals surface area contributed by atoms with Gasteiger partial charge in [-0.3, -0.25) is 4.79 Å². The third-order valence-corrected chi connectivity index (χ3v) is 4.06. The van der Waals surface area contributed by atoms with Crippen LogP contribution in [0, 0.1) is 17.8 Å². The quantitative estimate of drug-likeness (QED) is 0.792. The van der Waals surface area contributed by atoms with E-state index in [-0.39, 0.29) is 11.9 Å². The lowest BCUT2D eigenvalue weighted by atomic mass is 9.64. The SMILES string of the molecule is CC1CCC(C(C)C)C(NC(C)C)(C(N)=O)C1. The summed E-state index contributed by atoms with van der Waals surface area (Å²) < 4.78 is 0. The summed E-state index contributed by atoms with van der Waals surface area (Å²) in [7, 11) is 0. The first-order chi connectivity index (χ1) is 7.79. The van der Waals surface area contributed by atoms with E-state index in [0.717, 1.165) is 12.8 Å². The van der Waals surface area contributed by atoms with Crippen LogP contribution in [-0.4, -0.2) is 17.5 Å². The van der Waals surface area contributed by atoms with Gasteiger partial charge in [-0.1, -0.05) is 27.2 Å². The lowest BCUT2D eigenvalue weighted by Gasteiger charge is -2.47. The van der Waals surface area contributed by atoms with Crippen molar-refractivity contribution in [2.45, 2.75) is 65.5 Å². The largest absolute Gasteiger partial charge is 0.368 e. The van der Waals surface area contributed by atoms with Gasteiger partial charge in [0.1, 0.15) is 5.54 Å². The molecule has 3 N–H and O–H groups in total. The van der Waals surface area contributed by atoms with E-state index in [2.05, 4.69) is 39.9 Å². The first kappa shape index (κ1) is 14.5. The fourth-order valence-electron chi connectivity index (χ4n) is 3.45. The molecule has 0 spiro atoms. The van der Waals surface area contributed by atoms with Gasteiger partial charge in [-0.15, -0.1) is 0 Å². The zero-order chi connectivity index (χ0) is 13.2. The third-order valence-electron chi connectivity index (χ3n) is 4.06. The monoisotopic (exact) mass is 240 g/mol. The van der Waals surface area contributed by atoms with E-state index >= 15 is 0 Å². The predicted octanol–water partition coefficient (Wildman–Crippen LogP) is 2.30. The van der Waals surface area contributed by atoms with Crippen LogP contribution in [0.25, 0.3) is 0 Å². The third kappa shape index (κ3) is 3.01. The van der Waals surface area contributed by atoms with E-state index in [1.54, 1.807) is 0 Å². The zero-order valence-electron chi connectivity index (χ0n) is 11.9. The molecule has 3 heteroatoms. The Kier molecular flexibility index (Phi) is 4.59. The average Bonchev–Trinajstić information content (AvgIpc) is 2.15. The minimum atomic E-state index is -0.500. The van der Waals surface area contributed by atoms with Crippen molar-refractivity contribution in [1.29, 1.82) is 0 Å². The Morgan fingerprint density at radius 2 is 1.88 bits per heavy atom. The summed E-state index contributed by atoms with van der Waals surface area (Å²) in [6, 6.07) is 0.286. The maximum Gasteiger partial charge on any atom is 0.238 e. The summed E-state index contributed by atoms with van der Waals surface area (Å²) in [6.45, 7) is 10.8. The maximum atomic E-state index is 12.0. The molecule has 1 aliphatic rings. The van der Waals surface area contributed by atoms with Gasteiger partial charge in [-0.25, -0.2) is 0 Å². The van der Waals surface area contributed by atoms with Crippen molar-refractivity contribution in [2.75, 3.05) is 0 Å². The molecule has 3 unspecified atom stereocenters. The van der Waals surface area contributed by atoms with Gasteiger partial charge in [-0.2, -0.15) is 0 Å². The molecule has 3 atom stereocenters. The van der Waals surface area contributed by atoms with Gasteiger partial charge in [0, 0.05) is 6.04 Å². The average molecular weight is 240 g/mol. The molecule has 1 rings (SSSR count). The number of primary amides is 1. The molecule has 1 amide bonds. The fraction of sp³-hybridized carbons (Fsp3) is 0.929. The number of hydrogen-bond donors (Lipinski definition) is 2. The van der Waals surface area contributed by atoms with Gasteiger partial charge in [0.05, 0.1) is 0 Å². The van der Waals surface area contributed by atoms with Crippen LogP contribution >= 0.6 is 0 Å². The number of hydrogen-bond acceptors (Lipinski definition) is 2. The van der Waals surface area contributed by atoms with Gasteiger partial charge in [0.25, 0.3) is 0 Å². The molecule has 0 radical (unpaired) electrons. The second-order valence-electron chi connectivity index (χ2n) is 6.37. The van der Waals surface area contributed by atoms with Crippen molar-refractivity contribution in [2.24, 2.45) is 23.5 Å². The number of amides is 1. The highest BCUT2D eigenvalue weighted by molar-refractivity contribution is 5.85. The molecule has 17 heavy (non-hydrogen) atoms. The summed E-state index contributed by atoms with van der Waals surface area (Å²) in [5.41, 5.74) is 5.24. The van der Waals surface area contributed by atoms with Gasteiger partial charge in [0.2, 0.25) is 5.91 Å². The van der Waals surface area contributed by atoms with Crippen LogP contribution < -0.4 is 11.1 Å². The Balaban J connectivity index is 3.05. The van der Waals surface area contributed by atoms with Crippen molar-refractivity contribution < 1.29 is 4.79 Å². The van der Waals surface area contributed by atoms with E-state index in [4.69, 9.17) is 5.73 Å². The minimum Gasteiger partial charge on any atom is -0.368 e. The number of nitrogens with one attached hydrogen (secondary N) is 1. The van der Waals surface area contributed by atoms with Gasteiger partial charge in [-0.05, 0) is 44.4 Å². The number of carbonyl (C=O) groups is 1. The van der Waals surface area contributed by atoms with Crippen molar-refractivity contribution in [3.8, 4) is 0 Å². The first-order valence-corrected chi connectivity index (χ1v) is 6.87. The Hall–Kier alpha value is -0.570. The molecule has 0 bridgehead atoms. The standard InChI is InChI=1S/C14H28N2O/c1-9(2)12-7-6-11(5)8-14(12,13(15)17)16-10(3)4/h9-12,16H,6-8H2,1-5H3,(H2,15,17). The molecular formula is C14H28N2O. The highest BCUT2D eigenvalue weighted by atomic mass is 16.1. The Labute approximate surface area is 106 Å². The molecular weight excluding hydrogens is 212 g/mol. The van der Waals surface area contributed by atoms with Crippen LogP contribution in [-0.2, 0) is 4.79 Å². The first-order valence-electron chi connectivity index (χ1n) is 6.87. The summed E-state index contributed by atoms with van der Waals surface area (Å²) in [5, 5.41) is 3.48. The smallest absolute Gasteiger partial charge is 0.238 e. The molecule has 0 heterocycles. The van der Waals surface area contributed by atoms with Gasteiger partial charge in [0.15, 0.2) is 0 Å². The lowest BCUT2D eigenvalue weighted by Crippen LogP contribution is -2.65. The molecule has 1 fully saturated rings. The van der Waals surface area contributed by atoms with Crippen LogP contribution in [0.15, 0.2) is 0 Å². The number of carbonyl (C=O) groups excluding carboxylic acids is 1. The Morgan fingerprint density at radius 3 is 2.29 bits per heavy atom. The lowest BCUT2D eigenvalue weighted by molar-refractivity contribution is -0.130. The Morgan fingerprint density at radius 1 is 1.29 bits per heavy atom. The van der Waals surface area contributed by atoms with Crippen LogP contribution in [0.3, 0.4) is 0 Å². The summed E-state index contributed by atoms with van der Waals surface area (Å²) in [6.07, 6.45) is 3.18. The highest BCUT2D eigenvalue weighted by Gasteiger charge is 2.48. The molecule has 0 aromatic rings. The van der Waals surface area contributed by atoms with Gasteiger partial charge < -0.3 is 11.1 Å². The van der Waals surface area contributed by atoms with Crippen LogP contribution in [0.1, 0.15) is 53.9 Å². The van der Waals surface area contributed by atoms with Crippen molar-refractivity contribution in [3.63, 3.8) is 0 Å². The molecule has 0 saturated heterocycles. The van der Waals surface area contributed by atoms with E-state index in [9.17, 15) is 4.79 Å². The van der Waals surface area contributed by atoms with E-state index < -0.39 is 5.54 Å². The predicted molar refractivity (Wildman–Crippen MR) is 71.5 cm³/mol. The van der Waals surface area contributed by atoms with Crippen molar-refractivity contribution in [1.82, 2.24) is 5.32 Å². The summed E-state index contributed by atoms with van der Waals surface area (Å²) in [4.78, 5) is 12.0. The minimum absolute atomic E-state index is 0.170. The van der Waals surface area contributed by atoms with Crippen molar-refractivity contribution >= 4 is 5.91 Å². The van der Waals surface area contributed by atoms with Crippen LogP contribution in [0.5, 0.6) is 0 Å². The molecule has 3 nitrogen and oxygen atoms in total. The molecule has 0 aromatic carbocycles. The molecule has 100 valence electrons. The van der Waals surface area contributed by atoms with E-state index in [1.807, 2.05) is 0 Å². The van der Waals surface area contributed by atoms with E-state index in [0.29, 0.717) is 17.8 Å². The molecule has 1 saturated carbocycles. The molecule has 0 aromatic heterocycles. The zero-order valence-corrected chi connectivity index (χ0v) is 11.9. The highest BCUT2D eigenvalue weighted by Crippen LogP contribution is 2.41. The Bertz CT molecular complexity index is 271. The van der Waals surface area contributed by atoms with Gasteiger partial charge >= 0.3 is 0 Å². The summed E-state index contributed by atoms with van der Waals surface area (Å²) in [5.74, 6) is 1.25. The second-order valence-corrected chi connectivity index (χ2v) is 6.37. The van der Waals surface area contributed by atoms with E-state index in [1.165, 1.54) is 6.42 Å². The van der Waals surface area contributed by atoms with Crippen LogP contribution in [0.4, 0.5) is 0 Å². The van der Waals surface area contributed by atoms with Crippen molar-refractivity contribution in [3.05, 3.63) is 0 Å². The fourth-order valence-corrected chi connectivity index (χ4v) is 3.45.